The highest BCUT2D eigenvalue weighted by Crippen LogP contribution is 2.24. The van der Waals surface area contributed by atoms with Gasteiger partial charge in [0.05, 0.1) is 5.56 Å². The third kappa shape index (κ3) is 1.73. The summed E-state index contributed by atoms with van der Waals surface area (Å²) in [6.07, 6.45) is 1.40. The van der Waals surface area contributed by atoms with E-state index in [0.717, 1.165) is 22.2 Å². The average molecular weight is 239 g/mol. The maximum Gasteiger partial charge on any atom is 0.335 e. The molecule has 1 aromatic heterocycles. The van der Waals surface area contributed by atoms with E-state index in [9.17, 15) is 4.79 Å². The molecule has 0 aliphatic rings. The number of aromatic nitrogens is 1. The maximum atomic E-state index is 10.8. The molecule has 0 saturated heterocycles. The van der Waals surface area contributed by atoms with E-state index in [-0.39, 0.29) is 5.56 Å². The summed E-state index contributed by atoms with van der Waals surface area (Å²) in [4.78, 5) is 14.9. The van der Waals surface area contributed by atoms with Crippen LogP contribution >= 0.6 is 0 Å². The summed E-state index contributed by atoms with van der Waals surface area (Å²) >= 11 is 0. The quantitative estimate of drug-likeness (QED) is 0.745. The molecule has 0 saturated carbocycles. The van der Waals surface area contributed by atoms with Crippen LogP contribution in [0, 0.1) is 0 Å². The van der Waals surface area contributed by atoms with Gasteiger partial charge in [-0.1, -0.05) is 18.2 Å². The Kier molecular flexibility index (Phi) is 2.34. The largest absolute Gasteiger partial charge is 0.478 e. The van der Waals surface area contributed by atoms with Crippen LogP contribution in [-0.2, 0) is 0 Å². The Morgan fingerprint density at radius 3 is 2.50 bits per heavy atom. The van der Waals surface area contributed by atoms with Gasteiger partial charge in [-0.05, 0) is 35.4 Å². The van der Waals surface area contributed by atoms with Gasteiger partial charge in [-0.3, -0.25) is 0 Å². The summed E-state index contributed by atoms with van der Waals surface area (Å²) in [7, 11) is 0. The lowest BCUT2D eigenvalue weighted by atomic mass is 10.0. The Morgan fingerprint density at radius 2 is 1.78 bits per heavy atom. The highest BCUT2D eigenvalue weighted by atomic mass is 16.4. The fourth-order valence-electron chi connectivity index (χ4n) is 1.84. The molecule has 0 aliphatic heterocycles. The van der Waals surface area contributed by atoms with Gasteiger partial charge in [0.15, 0.2) is 12.0 Å². The van der Waals surface area contributed by atoms with Crippen LogP contribution in [0.5, 0.6) is 0 Å². The number of carboxylic acids is 1. The zero-order valence-corrected chi connectivity index (χ0v) is 9.33. The van der Waals surface area contributed by atoms with E-state index in [1.165, 1.54) is 6.39 Å². The van der Waals surface area contributed by atoms with Crippen LogP contribution < -0.4 is 0 Å². The van der Waals surface area contributed by atoms with Crippen molar-refractivity contribution in [2.24, 2.45) is 0 Å². The molecule has 3 rings (SSSR count). The molecule has 1 N–H and O–H groups in total. The minimum absolute atomic E-state index is 0.279. The van der Waals surface area contributed by atoms with Crippen molar-refractivity contribution in [2.75, 3.05) is 0 Å². The summed E-state index contributed by atoms with van der Waals surface area (Å²) in [6.45, 7) is 0. The Labute approximate surface area is 103 Å². The van der Waals surface area contributed by atoms with Crippen LogP contribution in [-0.4, -0.2) is 16.1 Å². The zero-order valence-electron chi connectivity index (χ0n) is 9.33. The minimum Gasteiger partial charge on any atom is -0.478 e. The second kappa shape index (κ2) is 4.00. The second-order valence-electron chi connectivity index (χ2n) is 3.92. The number of nitrogens with zero attached hydrogens (tertiary/aromatic N) is 1. The first-order valence-electron chi connectivity index (χ1n) is 5.41. The fraction of sp³-hybridized carbons (Fsp3) is 0. The van der Waals surface area contributed by atoms with E-state index in [1.54, 1.807) is 24.3 Å². The molecule has 1 heterocycles. The normalized spacial score (nSPS) is 10.7. The van der Waals surface area contributed by atoms with Crippen molar-refractivity contribution in [3.63, 3.8) is 0 Å². The average Bonchev–Trinajstić information content (AvgIpc) is 2.86. The van der Waals surface area contributed by atoms with Crippen molar-refractivity contribution in [1.29, 1.82) is 0 Å². The van der Waals surface area contributed by atoms with Crippen LogP contribution in [0.25, 0.3) is 22.2 Å². The van der Waals surface area contributed by atoms with Gasteiger partial charge in [0.2, 0.25) is 0 Å². The van der Waals surface area contributed by atoms with Gasteiger partial charge >= 0.3 is 5.97 Å². The number of hydrogen-bond acceptors (Lipinski definition) is 3. The molecule has 3 aromatic rings. The highest BCUT2D eigenvalue weighted by Gasteiger charge is 2.05. The molecule has 0 amide bonds. The number of carboxylic acid groups (broad SMARTS) is 1. The standard InChI is InChI=1S/C14H9NO3/c16-14(17)10-3-1-9(2-4-10)11-5-6-13-12(7-11)15-8-18-13/h1-8H,(H,16,17). The molecule has 4 heteroatoms. The molecule has 0 aliphatic carbocycles. The predicted octanol–water partition coefficient (Wildman–Crippen LogP) is 3.19. The van der Waals surface area contributed by atoms with Gasteiger partial charge < -0.3 is 9.52 Å². The summed E-state index contributed by atoms with van der Waals surface area (Å²) in [6, 6.07) is 12.4. The van der Waals surface area contributed by atoms with Crippen LogP contribution in [0.15, 0.2) is 53.3 Å². The topological polar surface area (TPSA) is 63.3 Å². The summed E-state index contributed by atoms with van der Waals surface area (Å²) in [5, 5.41) is 8.84. The highest BCUT2D eigenvalue weighted by molar-refractivity contribution is 5.88. The van der Waals surface area contributed by atoms with E-state index < -0.39 is 5.97 Å². The van der Waals surface area contributed by atoms with E-state index in [1.807, 2.05) is 18.2 Å². The lowest BCUT2D eigenvalue weighted by Crippen LogP contribution is -1.94. The van der Waals surface area contributed by atoms with Gasteiger partial charge in [-0.2, -0.15) is 0 Å². The molecule has 0 bridgehead atoms. The van der Waals surface area contributed by atoms with Crippen molar-refractivity contribution in [2.45, 2.75) is 0 Å². The zero-order chi connectivity index (χ0) is 12.5. The molecule has 0 unspecified atom stereocenters. The van der Waals surface area contributed by atoms with Gasteiger partial charge in [0, 0.05) is 0 Å². The van der Waals surface area contributed by atoms with Gasteiger partial charge in [0.1, 0.15) is 5.52 Å². The van der Waals surface area contributed by atoms with Crippen molar-refractivity contribution < 1.29 is 14.3 Å². The van der Waals surface area contributed by atoms with E-state index >= 15 is 0 Å². The molecule has 2 aromatic carbocycles. The fourth-order valence-corrected chi connectivity index (χ4v) is 1.84. The number of benzene rings is 2. The summed E-state index contributed by atoms with van der Waals surface area (Å²) in [5.74, 6) is -0.923. The van der Waals surface area contributed by atoms with Gasteiger partial charge in [-0.25, -0.2) is 9.78 Å². The molecule has 0 fully saturated rings. The molecule has 88 valence electrons. The first kappa shape index (κ1) is 10.5. The third-order valence-corrected chi connectivity index (χ3v) is 2.80. The number of oxazole rings is 1. The lowest BCUT2D eigenvalue weighted by Gasteiger charge is -2.02. The second-order valence-corrected chi connectivity index (χ2v) is 3.92. The summed E-state index contributed by atoms with van der Waals surface area (Å²) < 4.78 is 5.17. The maximum absolute atomic E-state index is 10.8. The summed E-state index contributed by atoms with van der Waals surface area (Å²) in [5.41, 5.74) is 3.73. The molecule has 0 atom stereocenters. The third-order valence-electron chi connectivity index (χ3n) is 2.80. The number of rotatable bonds is 2. The molecular weight excluding hydrogens is 230 g/mol. The van der Waals surface area contributed by atoms with E-state index in [0.29, 0.717) is 0 Å². The lowest BCUT2D eigenvalue weighted by molar-refractivity contribution is 0.0697. The number of hydrogen-bond donors (Lipinski definition) is 1. The van der Waals surface area contributed by atoms with E-state index in [4.69, 9.17) is 9.52 Å². The number of aromatic carboxylic acids is 1. The Hall–Kier alpha value is -2.62. The predicted molar refractivity (Wildman–Crippen MR) is 66.4 cm³/mol. The monoisotopic (exact) mass is 239 g/mol. The number of carbonyl (C=O) groups is 1. The Morgan fingerprint density at radius 1 is 1.06 bits per heavy atom. The van der Waals surface area contributed by atoms with Crippen molar-refractivity contribution in [3.8, 4) is 11.1 Å². The number of fused-ring (bicyclic) bond motifs is 1. The SMILES string of the molecule is O=C(O)c1ccc(-c2ccc3ocnc3c2)cc1. The van der Waals surface area contributed by atoms with Crippen LogP contribution in [0.3, 0.4) is 0 Å². The smallest absolute Gasteiger partial charge is 0.335 e. The Bertz CT molecular complexity index is 713. The van der Waals surface area contributed by atoms with Crippen molar-refractivity contribution in [1.82, 2.24) is 4.98 Å². The van der Waals surface area contributed by atoms with Crippen LogP contribution in [0.2, 0.25) is 0 Å². The molecule has 0 spiro atoms. The first-order chi connectivity index (χ1) is 8.74. The minimum atomic E-state index is -0.923. The van der Waals surface area contributed by atoms with Crippen molar-refractivity contribution in [3.05, 3.63) is 54.4 Å². The van der Waals surface area contributed by atoms with Crippen LogP contribution in [0.1, 0.15) is 10.4 Å². The Balaban J connectivity index is 2.05. The van der Waals surface area contributed by atoms with E-state index in [2.05, 4.69) is 4.98 Å². The van der Waals surface area contributed by atoms with Crippen molar-refractivity contribution >= 4 is 17.1 Å². The molecule has 0 radical (unpaired) electrons. The first-order valence-corrected chi connectivity index (χ1v) is 5.41. The van der Waals surface area contributed by atoms with Gasteiger partial charge in [-0.15, -0.1) is 0 Å². The molecular formula is C14H9NO3. The van der Waals surface area contributed by atoms with Gasteiger partial charge in [0.25, 0.3) is 0 Å². The molecule has 18 heavy (non-hydrogen) atoms. The van der Waals surface area contributed by atoms with Crippen LogP contribution in [0.4, 0.5) is 0 Å². The molecule has 4 nitrogen and oxygen atoms in total.